The number of hydrogen-bond donors (Lipinski definition) is 3. The van der Waals surface area contributed by atoms with Gasteiger partial charge < -0.3 is 20.2 Å². The van der Waals surface area contributed by atoms with Gasteiger partial charge in [0.2, 0.25) is 0 Å². The molecule has 106 valence electrons. The van der Waals surface area contributed by atoms with Gasteiger partial charge >= 0.3 is 0 Å². The number of anilines is 1. The second-order valence-electron chi connectivity index (χ2n) is 4.13. The lowest BCUT2D eigenvalue weighted by Gasteiger charge is -2.04. The fourth-order valence-corrected chi connectivity index (χ4v) is 1.56. The fraction of sp³-hybridized carbons (Fsp3) is 0.0667. The van der Waals surface area contributed by atoms with Crippen molar-refractivity contribution >= 4 is 11.6 Å². The van der Waals surface area contributed by atoms with Gasteiger partial charge in [0.25, 0.3) is 5.91 Å². The fourth-order valence-electron chi connectivity index (χ4n) is 1.56. The van der Waals surface area contributed by atoms with E-state index >= 15 is 0 Å². The van der Waals surface area contributed by atoms with Crippen LogP contribution in [-0.2, 0) is 11.3 Å². The molecule has 0 aliphatic rings. The van der Waals surface area contributed by atoms with Gasteiger partial charge in [-0.05, 0) is 36.4 Å². The second kappa shape index (κ2) is 6.82. The maximum Gasteiger partial charge on any atom is 0.267 e. The van der Waals surface area contributed by atoms with Crippen molar-refractivity contribution in [1.82, 2.24) is 5.32 Å². The van der Waals surface area contributed by atoms with Gasteiger partial charge in [0.1, 0.15) is 23.2 Å². The number of rotatable bonds is 5. The van der Waals surface area contributed by atoms with E-state index < -0.39 is 5.91 Å². The average Bonchev–Trinajstić information content (AvgIpc) is 2.99. The number of nitriles is 1. The summed E-state index contributed by atoms with van der Waals surface area (Å²) in [6, 6.07) is 11.3. The predicted octanol–water partition coefficient (Wildman–Crippen LogP) is 2.12. The molecule has 0 atom stereocenters. The second-order valence-corrected chi connectivity index (χ2v) is 4.13. The Morgan fingerprint density at radius 3 is 2.71 bits per heavy atom. The first kappa shape index (κ1) is 14.2. The molecule has 6 heteroatoms. The van der Waals surface area contributed by atoms with Crippen LogP contribution in [0.15, 0.2) is 58.9 Å². The Balaban J connectivity index is 1.94. The monoisotopic (exact) mass is 283 g/mol. The number of amides is 1. The van der Waals surface area contributed by atoms with Gasteiger partial charge in [-0.2, -0.15) is 5.26 Å². The highest BCUT2D eigenvalue weighted by molar-refractivity contribution is 6.06. The number of nitrogens with one attached hydrogen (secondary N) is 2. The number of furan rings is 1. The molecule has 1 amide bonds. The average molecular weight is 283 g/mol. The molecule has 0 bridgehead atoms. The molecule has 1 aromatic heterocycles. The van der Waals surface area contributed by atoms with Crippen molar-refractivity contribution in [2.24, 2.45) is 0 Å². The van der Waals surface area contributed by atoms with Crippen LogP contribution in [0.3, 0.4) is 0 Å². The SMILES string of the molecule is N#C/C(=C/NCc1ccco1)C(=O)Nc1ccc(O)cc1. The molecule has 0 unspecified atom stereocenters. The van der Waals surface area contributed by atoms with Crippen LogP contribution in [0.4, 0.5) is 5.69 Å². The third-order valence-electron chi connectivity index (χ3n) is 2.59. The van der Waals surface area contributed by atoms with Crippen molar-refractivity contribution < 1.29 is 14.3 Å². The van der Waals surface area contributed by atoms with Crippen LogP contribution in [0.5, 0.6) is 5.75 Å². The van der Waals surface area contributed by atoms with E-state index in [-0.39, 0.29) is 11.3 Å². The molecule has 0 radical (unpaired) electrons. The molecule has 1 heterocycles. The molecular weight excluding hydrogens is 270 g/mol. The minimum absolute atomic E-state index is 0.0605. The number of phenolic OH excluding ortho intramolecular Hbond substituents is 1. The van der Waals surface area contributed by atoms with Gasteiger partial charge in [-0.1, -0.05) is 0 Å². The molecule has 0 spiro atoms. The predicted molar refractivity (Wildman–Crippen MR) is 76.0 cm³/mol. The Morgan fingerprint density at radius 1 is 1.33 bits per heavy atom. The van der Waals surface area contributed by atoms with Gasteiger partial charge in [-0.15, -0.1) is 0 Å². The summed E-state index contributed by atoms with van der Waals surface area (Å²) < 4.78 is 5.12. The van der Waals surface area contributed by atoms with Gasteiger partial charge in [-0.25, -0.2) is 0 Å². The number of benzene rings is 1. The van der Waals surface area contributed by atoms with E-state index in [4.69, 9.17) is 14.8 Å². The molecule has 3 N–H and O–H groups in total. The number of aromatic hydroxyl groups is 1. The Kier molecular flexibility index (Phi) is 4.62. The molecule has 0 aliphatic heterocycles. The lowest BCUT2D eigenvalue weighted by atomic mass is 10.2. The summed E-state index contributed by atoms with van der Waals surface area (Å²) in [7, 11) is 0. The maximum absolute atomic E-state index is 11.9. The Morgan fingerprint density at radius 2 is 2.10 bits per heavy atom. The standard InChI is InChI=1S/C15H13N3O3/c16-8-11(9-17-10-14-2-1-7-21-14)15(20)18-12-3-5-13(19)6-4-12/h1-7,9,17,19H,10H2,(H,18,20)/b11-9-. The third-order valence-corrected chi connectivity index (χ3v) is 2.59. The third kappa shape index (κ3) is 4.14. The zero-order valence-corrected chi connectivity index (χ0v) is 11.0. The molecule has 0 saturated heterocycles. The zero-order valence-electron chi connectivity index (χ0n) is 11.0. The van der Waals surface area contributed by atoms with Crippen molar-refractivity contribution in [2.45, 2.75) is 6.54 Å². The first-order chi connectivity index (χ1) is 10.2. The summed E-state index contributed by atoms with van der Waals surface area (Å²) in [4.78, 5) is 11.9. The Bertz CT molecular complexity index is 667. The van der Waals surface area contributed by atoms with E-state index in [1.807, 2.05) is 6.07 Å². The van der Waals surface area contributed by atoms with E-state index in [9.17, 15) is 4.79 Å². The van der Waals surface area contributed by atoms with Crippen LogP contribution in [-0.4, -0.2) is 11.0 Å². The first-order valence-electron chi connectivity index (χ1n) is 6.15. The van der Waals surface area contributed by atoms with Gasteiger partial charge in [-0.3, -0.25) is 4.79 Å². The summed E-state index contributed by atoms with van der Waals surface area (Å²) in [6.45, 7) is 0.380. The summed E-state index contributed by atoms with van der Waals surface area (Å²) >= 11 is 0. The lowest BCUT2D eigenvalue weighted by molar-refractivity contribution is -0.112. The lowest BCUT2D eigenvalue weighted by Crippen LogP contribution is -2.16. The highest BCUT2D eigenvalue weighted by atomic mass is 16.3. The molecule has 2 aromatic rings. The molecule has 6 nitrogen and oxygen atoms in total. The smallest absolute Gasteiger partial charge is 0.267 e. The van der Waals surface area contributed by atoms with E-state index in [0.717, 1.165) is 0 Å². The van der Waals surface area contributed by atoms with E-state index in [2.05, 4.69) is 10.6 Å². The minimum atomic E-state index is -0.532. The zero-order chi connectivity index (χ0) is 15.1. The first-order valence-corrected chi connectivity index (χ1v) is 6.15. The minimum Gasteiger partial charge on any atom is -0.508 e. The van der Waals surface area contributed by atoms with Crippen molar-refractivity contribution in [3.05, 3.63) is 60.2 Å². The molecule has 2 rings (SSSR count). The number of carbonyl (C=O) groups is 1. The molecule has 0 fully saturated rings. The molecule has 1 aromatic carbocycles. The number of carbonyl (C=O) groups excluding carboxylic acids is 1. The summed E-state index contributed by atoms with van der Waals surface area (Å²) in [5.41, 5.74) is 0.430. The van der Waals surface area contributed by atoms with Crippen LogP contribution in [0.2, 0.25) is 0 Å². The van der Waals surface area contributed by atoms with Gasteiger partial charge in [0.05, 0.1) is 12.8 Å². The number of nitrogens with zero attached hydrogens (tertiary/aromatic N) is 1. The summed E-state index contributed by atoms with van der Waals surface area (Å²) in [6.07, 6.45) is 2.88. The van der Waals surface area contributed by atoms with E-state index in [1.54, 1.807) is 30.5 Å². The summed E-state index contributed by atoms with van der Waals surface area (Å²) in [5, 5.41) is 23.5. The number of hydrogen-bond acceptors (Lipinski definition) is 5. The van der Waals surface area contributed by atoms with Crippen LogP contribution in [0, 0.1) is 11.3 Å². The van der Waals surface area contributed by atoms with Crippen molar-refractivity contribution in [3.63, 3.8) is 0 Å². The maximum atomic E-state index is 11.9. The highest BCUT2D eigenvalue weighted by Crippen LogP contribution is 2.14. The Hall–Kier alpha value is -3.20. The van der Waals surface area contributed by atoms with Crippen LogP contribution < -0.4 is 10.6 Å². The topological polar surface area (TPSA) is 98.3 Å². The van der Waals surface area contributed by atoms with Crippen molar-refractivity contribution in [2.75, 3.05) is 5.32 Å². The van der Waals surface area contributed by atoms with E-state index in [1.165, 1.54) is 18.3 Å². The largest absolute Gasteiger partial charge is 0.508 e. The van der Waals surface area contributed by atoms with Gasteiger partial charge in [0, 0.05) is 11.9 Å². The van der Waals surface area contributed by atoms with Gasteiger partial charge in [0.15, 0.2) is 0 Å². The molecule has 0 aliphatic carbocycles. The van der Waals surface area contributed by atoms with Crippen molar-refractivity contribution in [3.8, 4) is 11.8 Å². The number of phenols is 1. The Labute approximate surface area is 121 Å². The van der Waals surface area contributed by atoms with E-state index in [0.29, 0.717) is 18.0 Å². The molecular formula is C15H13N3O3. The van der Waals surface area contributed by atoms with Crippen LogP contribution in [0.25, 0.3) is 0 Å². The highest BCUT2D eigenvalue weighted by Gasteiger charge is 2.09. The van der Waals surface area contributed by atoms with Crippen LogP contribution >= 0.6 is 0 Å². The van der Waals surface area contributed by atoms with Crippen molar-refractivity contribution in [1.29, 1.82) is 5.26 Å². The normalized spacial score (nSPS) is 10.7. The summed E-state index contributed by atoms with van der Waals surface area (Å²) in [5.74, 6) is 0.266. The van der Waals surface area contributed by atoms with Crippen LogP contribution in [0.1, 0.15) is 5.76 Å². The molecule has 21 heavy (non-hydrogen) atoms. The quantitative estimate of drug-likeness (QED) is 0.443. The molecule has 0 saturated carbocycles.